The Labute approximate surface area is 113 Å². The molecular formula is C15H20N2O2. The van der Waals surface area contributed by atoms with E-state index in [0.29, 0.717) is 0 Å². The molecule has 1 amide bonds. The summed E-state index contributed by atoms with van der Waals surface area (Å²) in [4.78, 5) is 11.6. The zero-order valence-electron chi connectivity index (χ0n) is 11.5. The van der Waals surface area contributed by atoms with Crippen molar-refractivity contribution < 1.29 is 9.53 Å². The average Bonchev–Trinajstić information content (AvgIpc) is 2.88. The molecule has 0 heterocycles. The second kappa shape index (κ2) is 6.36. The van der Waals surface area contributed by atoms with Crippen molar-refractivity contribution in [3.8, 4) is 5.75 Å². The first-order valence-electron chi connectivity index (χ1n) is 6.69. The monoisotopic (exact) mass is 260 g/mol. The Balaban J connectivity index is 1.81. The predicted octanol–water partition coefficient (Wildman–Crippen LogP) is 2.73. The third-order valence-corrected chi connectivity index (χ3v) is 3.21. The number of aryl methyl sites for hydroxylation is 2. The van der Waals surface area contributed by atoms with Gasteiger partial charge in [-0.3, -0.25) is 4.79 Å². The number of hydrogen-bond donors (Lipinski definition) is 1. The number of carbonyl (C=O) groups is 1. The van der Waals surface area contributed by atoms with Gasteiger partial charge in [-0.05, 0) is 51.2 Å². The van der Waals surface area contributed by atoms with E-state index in [2.05, 4.69) is 10.5 Å². The van der Waals surface area contributed by atoms with Crippen LogP contribution in [0, 0.1) is 13.8 Å². The van der Waals surface area contributed by atoms with Crippen molar-refractivity contribution in [3.05, 3.63) is 29.3 Å². The molecule has 1 fully saturated rings. The van der Waals surface area contributed by atoms with Gasteiger partial charge in [0.1, 0.15) is 5.75 Å². The lowest BCUT2D eigenvalue weighted by molar-refractivity contribution is -0.123. The van der Waals surface area contributed by atoms with Crippen LogP contribution in [-0.2, 0) is 4.79 Å². The lowest BCUT2D eigenvalue weighted by Gasteiger charge is -2.08. The minimum Gasteiger partial charge on any atom is -0.483 e. The highest BCUT2D eigenvalue weighted by Crippen LogP contribution is 2.18. The summed E-state index contributed by atoms with van der Waals surface area (Å²) < 4.78 is 5.49. The Morgan fingerprint density at radius 2 is 2.05 bits per heavy atom. The summed E-state index contributed by atoms with van der Waals surface area (Å²) in [5, 5.41) is 4.11. The molecule has 1 aromatic carbocycles. The fourth-order valence-corrected chi connectivity index (χ4v) is 2.17. The Morgan fingerprint density at radius 3 is 2.74 bits per heavy atom. The third-order valence-electron chi connectivity index (χ3n) is 3.21. The first-order valence-corrected chi connectivity index (χ1v) is 6.69. The summed E-state index contributed by atoms with van der Waals surface area (Å²) in [7, 11) is 0. The topological polar surface area (TPSA) is 50.7 Å². The standard InChI is InChI=1S/C15H20N2O2/c1-11-7-8-14(12(2)9-11)19-10-15(18)17-16-13-5-3-4-6-13/h7-9H,3-6,10H2,1-2H3,(H,17,18). The van der Waals surface area contributed by atoms with Gasteiger partial charge in [0, 0.05) is 5.71 Å². The second-order valence-corrected chi connectivity index (χ2v) is 4.98. The van der Waals surface area contributed by atoms with Gasteiger partial charge >= 0.3 is 0 Å². The summed E-state index contributed by atoms with van der Waals surface area (Å²) in [5.41, 5.74) is 5.85. The van der Waals surface area contributed by atoms with E-state index >= 15 is 0 Å². The van der Waals surface area contributed by atoms with Crippen LogP contribution in [0.15, 0.2) is 23.3 Å². The zero-order chi connectivity index (χ0) is 13.7. The molecule has 1 aliphatic carbocycles. The molecule has 4 heteroatoms. The summed E-state index contributed by atoms with van der Waals surface area (Å²) in [5.74, 6) is 0.536. The van der Waals surface area contributed by atoms with Crippen LogP contribution in [0.5, 0.6) is 5.75 Å². The maximum atomic E-state index is 11.6. The molecule has 1 aliphatic rings. The number of hydrazone groups is 1. The van der Waals surface area contributed by atoms with Gasteiger partial charge in [0.15, 0.2) is 6.61 Å². The van der Waals surface area contributed by atoms with Crippen molar-refractivity contribution >= 4 is 11.6 Å². The van der Waals surface area contributed by atoms with Crippen molar-refractivity contribution in [3.63, 3.8) is 0 Å². The van der Waals surface area contributed by atoms with Gasteiger partial charge in [-0.1, -0.05) is 17.7 Å². The number of rotatable bonds is 4. The van der Waals surface area contributed by atoms with E-state index in [1.165, 1.54) is 18.4 Å². The van der Waals surface area contributed by atoms with Crippen LogP contribution in [0.4, 0.5) is 0 Å². The van der Waals surface area contributed by atoms with Crippen LogP contribution in [0.2, 0.25) is 0 Å². The third kappa shape index (κ3) is 4.09. The number of ether oxygens (including phenoxy) is 1. The second-order valence-electron chi connectivity index (χ2n) is 4.98. The maximum absolute atomic E-state index is 11.6. The van der Waals surface area contributed by atoms with Crippen LogP contribution in [-0.4, -0.2) is 18.2 Å². The predicted molar refractivity (Wildman–Crippen MR) is 75.5 cm³/mol. The van der Waals surface area contributed by atoms with E-state index in [-0.39, 0.29) is 12.5 Å². The van der Waals surface area contributed by atoms with Crippen molar-refractivity contribution in [2.75, 3.05) is 6.61 Å². The summed E-state index contributed by atoms with van der Waals surface area (Å²) in [6, 6.07) is 5.89. The number of nitrogens with one attached hydrogen (secondary N) is 1. The first kappa shape index (κ1) is 13.6. The smallest absolute Gasteiger partial charge is 0.277 e. The average molecular weight is 260 g/mol. The SMILES string of the molecule is Cc1ccc(OCC(=O)NN=C2CCCC2)c(C)c1. The van der Waals surface area contributed by atoms with Crippen molar-refractivity contribution in [2.45, 2.75) is 39.5 Å². The summed E-state index contributed by atoms with van der Waals surface area (Å²) >= 11 is 0. The molecule has 1 aromatic rings. The van der Waals surface area contributed by atoms with Crippen molar-refractivity contribution in [1.29, 1.82) is 0 Å². The molecule has 0 bridgehead atoms. The number of benzene rings is 1. The molecule has 1 N–H and O–H groups in total. The molecule has 0 spiro atoms. The number of nitrogens with zero attached hydrogens (tertiary/aromatic N) is 1. The van der Waals surface area contributed by atoms with Gasteiger partial charge in [-0.2, -0.15) is 5.10 Å². The highest BCUT2D eigenvalue weighted by atomic mass is 16.5. The van der Waals surface area contributed by atoms with Crippen LogP contribution in [0.1, 0.15) is 36.8 Å². The van der Waals surface area contributed by atoms with Crippen LogP contribution in [0.3, 0.4) is 0 Å². The number of carbonyl (C=O) groups excluding carboxylic acids is 1. The van der Waals surface area contributed by atoms with E-state index in [4.69, 9.17) is 4.74 Å². The Bertz CT molecular complexity index is 487. The van der Waals surface area contributed by atoms with E-state index in [1.54, 1.807) is 0 Å². The molecular weight excluding hydrogens is 240 g/mol. The Morgan fingerprint density at radius 1 is 1.32 bits per heavy atom. The largest absolute Gasteiger partial charge is 0.483 e. The van der Waals surface area contributed by atoms with Gasteiger partial charge in [0.25, 0.3) is 5.91 Å². The van der Waals surface area contributed by atoms with Gasteiger partial charge in [0.05, 0.1) is 0 Å². The fraction of sp³-hybridized carbons (Fsp3) is 0.467. The first-order chi connectivity index (χ1) is 9.15. The molecule has 4 nitrogen and oxygen atoms in total. The van der Waals surface area contributed by atoms with Gasteiger partial charge in [-0.15, -0.1) is 0 Å². The Kier molecular flexibility index (Phi) is 4.55. The van der Waals surface area contributed by atoms with Crippen molar-refractivity contribution in [2.24, 2.45) is 5.10 Å². The molecule has 1 saturated carbocycles. The van der Waals surface area contributed by atoms with E-state index < -0.39 is 0 Å². The summed E-state index contributed by atoms with van der Waals surface area (Å²) in [6.07, 6.45) is 4.35. The quantitative estimate of drug-likeness (QED) is 0.846. The van der Waals surface area contributed by atoms with Gasteiger partial charge in [-0.25, -0.2) is 5.43 Å². The molecule has 0 unspecified atom stereocenters. The fourth-order valence-electron chi connectivity index (χ4n) is 2.17. The highest BCUT2D eigenvalue weighted by Gasteiger charge is 2.09. The van der Waals surface area contributed by atoms with Crippen LogP contribution < -0.4 is 10.2 Å². The lowest BCUT2D eigenvalue weighted by atomic mass is 10.1. The van der Waals surface area contributed by atoms with Crippen molar-refractivity contribution in [1.82, 2.24) is 5.43 Å². The zero-order valence-corrected chi connectivity index (χ0v) is 11.5. The van der Waals surface area contributed by atoms with E-state index in [1.807, 2.05) is 32.0 Å². The normalized spacial score (nSPS) is 14.3. The molecule has 0 radical (unpaired) electrons. The van der Waals surface area contributed by atoms with Crippen LogP contribution >= 0.6 is 0 Å². The minimum atomic E-state index is -0.209. The molecule has 0 atom stereocenters. The number of amides is 1. The van der Waals surface area contributed by atoms with Gasteiger partial charge < -0.3 is 4.74 Å². The van der Waals surface area contributed by atoms with Gasteiger partial charge in [0.2, 0.25) is 0 Å². The molecule has 0 aliphatic heterocycles. The molecule has 2 rings (SSSR count). The van der Waals surface area contributed by atoms with E-state index in [0.717, 1.165) is 29.9 Å². The van der Waals surface area contributed by atoms with E-state index in [9.17, 15) is 4.79 Å². The highest BCUT2D eigenvalue weighted by molar-refractivity contribution is 5.87. The Hall–Kier alpha value is -1.84. The lowest BCUT2D eigenvalue weighted by Crippen LogP contribution is -2.25. The van der Waals surface area contributed by atoms with Crippen LogP contribution in [0.25, 0.3) is 0 Å². The summed E-state index contributed by atoms with van der Waals surface area (Å²) in [6.45, 7) is 4.00. The number of hydrogen-bond acceptors (Lipinski definition) is 3. The maximum Gasteiger partial charge on any atom is 0.277 e. The molecule has 19 heavy (non-hydrogen) atoms. The molecule has 102 valence electrons. The minimum absolute atomic E-state index is 0.000676. The molecule has 0 saturated heterocycles. The molecule has 0 aromatic heterocycles.